The molecule has 1 heterocycles. The Morgan fingerprint density at radius 1 is 1.14 bits per heavy atom. The van der Waals surface area contributed by atoms with Crippen molar-refractivity contribution in [2.75, 3.05) is 6.54 Å². The number of benzene rings is 1. The van der Waals surface area contributed by atoms with Crippen molar-refractivity contribution < 1.29 is 9.59 Å². The molecule has 0 spiro atoms. The predicted octanol–water partition coefficient (Wildman–Crippen LogP) is 0.642. The van der Waals surface area contributed by atoms with Gasteiger partial charge in [0.25, 0.3) is 5.56 Å². The van der Waals surface area contributed by atoms with E-state index in [1.165, 1.54) is 4.57 Å². The summed E-state index contributed by atoms with van der Waals surface area (Å²) >= 11 is 0. The zero-order valence-electron chi connectivity index (χ0n) is 12.6. The number of hydrogen-bond donors (Lipinski definition) is 2. The van der Waals surface area contributed by atoms with Gasteiger partial charge in [-0.25, -0.2) is 0 Å². The number of aromatic nitrogens is 1. The summed E-state index contributed by atoms with van der Waals surface area (Å²) in [6, 6.07) is 9.01. The summed E-state index contributed by atoms with van der Waals surface area (Å²) < 4.78 is 1.33. The van der Waals surface area contributed by atoms with Gasteiger partial charge < -0.3 is 15.2 Å². The van der Waals surface area contributed by atoms with E-state index in [4.69, 9.17) is 0 Å². The minimum atomic E-state index is -0.378. The van der Waals surface area contributed by atoms with Crippen molar-refractivity contribution in [3.63, 3.8) is 0 Å². The smallest absolute Gasteiger partial charge is 0.258 e. The Hall–Kier alpha value is -2.63. The molecule has 0 saturated carbocycles. The fourth-order valence-corrected chi connectivity index (χ4v) is 2.12. The highest BCUT2D eigenvalue weighted by Crippen LogP contribution is 2.07. The summed E-state index contributed by atoms with van der Waals surface area (Å²) in [7, 11) is 0. The molecule has 0 radical (unpaired) electrons. The second kappa shape index (κ2) is 6.89. The second-order valence-electron chi connectivity index (χ2n) is 5.33. The van der Waals surface area contributed by atoms with E-state index in [0.29, 0.717) is 5.39 Å². The highest BCUT2D eigenvalue weighted by molar-refractivity contribution is 5.85. The van der Waals surface area contributed by atoms with E-state index in [2.05, 4.69) is 10.6 Å². The molecule has 0 aliphatic rings. The summed E-state index contributed by atoms with van der Waals surface area (Å²) in [5.41, 5.74) is -0.222. The van der Waals surface area contributed by atoms with Crippen LogP contribution in [0.3, 0.4) is 0 Å². The molecule has 0 aliphatic heterocycles. The first-order valence-corrected chi connectivity index (χ1v) is 7.11. The van der Waals surface area contributed by atoms with Crippen LogP contribution in [0.5, 0.6) is 0 Å². The minimum Gasteiger partial charge on any atom is -0.352 e. The number of fused-ring (bicyclic) bond motifs is 1. The molecule has 2 N–H and O–H groups in total. The second-order valence-corrected chi connectivity index (χ2v) is 5.33. The molecule has 0 fully saturated rings. The third-order valence-corrected chi connectivity index (χ3v) is 3.10. The van der Waals surface area contributed by atoms with E-state index < -0.39 is 0 Å². The Morgan fingerprint density at radius 3 is 2.59 bits per heavy atom. The van der Waals surface area contributed by atoms with Gasteiger partial charge in [0.05, 0.1) is 6.54 Å². The predicted molar refractivity (Wildman–Crippen MR) is 84.5 cm³/mol. The molecule has 1 aromatic heterocycles. The molecule has 116 valence electrons. The van der Waals surface area contributed by atoms with Gasteiger partial charge in [-0.2, -0.15) is 0 Å². The van der Waals surface area contributed by atoms with Gasteiger partial charge in [0.1, 0.15) is 6.54 Å². The Morgan fingerprint density at radius 2 is 1.86 bits per heavy atom. The van der Waals surface area contributed by atoms with Gasteiger partial charge in [-0.1, -0.05) is 18.2 Å². The van der Waals surface area contributed by atoms with E-state index in [9.17, 15) is 14.4 Å². The molecule has 0 aliphatic carbocycles. The number of pyridine rings is 1. The molecule has 1 aromatic carbocycles. The Labute approximate surface area is 128 Å². The first-order valence-electron chi connectivity index (χ1n) is 7.11. The van der Waals surface area contributed by atoms with E-state index in [1.54, 1.807) is 24.4 Å². The van der Waals surface area contributed by atoms with Crippen molar-refractivity contribution in [2.45, 2.75) is 26.4 Å². The van der Waals surface area contributed by atoms with Gasteiger partial charge in [-0.3, -0.25) is 14.4 Å². The standard InChI is InChI=1S/C16H19N3O3/c1-11(2)18-14(20)9-17-15(21)10-19-8-7-12-5-3-4-6-13(12)16(19)22/h3-8,11H,9-10H2,1-2H3,(H,17,21)(H,18,20). The molecule has 6 heteroatoms. The van der Waals surface area contributed by atoms with Crippen LogP contribution >= 0.6 is 0 Å². The molecule has 6 nitrogen and oxygen atoms in total. The molecule has 0 unspecified atom stereocenters. The number of nitrogens with zero attached hydrogens (tertiary/aromatic N) is 1. The summed E-state index contributed by atoms with van der Waals surface area (Å²) in [4.78, 5) is 35.5. The first kappa shape index (κ1) is 15.8. The Balaban J connectivity index is 2.02. The molecular formula is C16H19N3O3. The van der Waals surface area contributed by atoms with Crippen LogP contribution in [0.1, 0.15) is 13.8 Å². The van der Waals surface area contributed by atoms with Crippen LogP contribution < -0.4 is 16.2 Å². The number of rotatable bonds is 5. The Bertz CT molecular complexity index is 750. The molecule has 0 atom stereocenters. The maximum atomic E-state index is 12.3. The van der Waals surface area contributed by atoms with Crippen LogP contribution in [0, 0.1) is 0 Å². The van der Waals surface area contributed by atoms with Crippen molar-refractivity contribution in [3.05, 3.63) is 46.9 Å². The maximum Gasteiger partial charge on any atom is 0.258 e. The zero-order chi connectivity index (χ0) is 16.1. The fraction of sp³-hybridized carbons (Fsp3) is 0.312. The number of carbonyl (C=O) groups is 2. The third-order valence-electron chi connectivity index (χ3n) is 3.10. The maximum absolute atomic E-state index is 12.3. The highest BCUT2D eigenvalue weighted by Gasteiger charge is 2.09. The lowest BCUT2D eigenvalue weighted by atomic mass is 10.2. The molecule has 2 rings (SSSR count). The quantitative estimate of drug-likeness (QED) is 0.850. The number of hydrogen-bond acceptors (Lipinski definition) is 3. The normalized spacial score (nSPS) is 10.7. The van der Waals surface area contributed by atoms with Gasteiger partial charge in [0.2, 0.25) is 11.8 Å². The van der Waals surface area contributed by atoms with Gasteiger partial charge in [0.15, 0.2) is 0 Å². The topological polar surface area (TPSA) is 80.2 Å². The van der Waals surface area contributed by atoms with Crippen molar-refractivity contribution in [1.29, 1.82) is 0 Å². The number of carbonyl (C=O) groups excluding carboxylic acids is 2. The SMILES string of the molecule is CC(C)NC(=O)CNC(=O)Cn1ccc2ccccc2c1=O. The molecule has 2 aromatic rings. The lowest BCUT2D eigenvalue weighted by molar-refractivity contribution is -0.126. The summed E-state index contributed by atoms with van der Waals surface area (Å²) in [5.74, 6) is -0.634. The zero-order valence-corrected chi connectivity index (χ0v) is 12.6. The lowest BCUT2D eigenvalue weighted by Gasteiger charge is -2.10. The molecule has 22 heavy (non-hydrogen) atoms. The summed E-state index contributed by atoms with van der Waals surface area (Å²) in [6.07, 6.45) is 1.58. The monoisotopic (exact) mass is 301 g/mol. The average molecular weight is 301 g/mol. The fourth-order valence-electron chi connectivity index (χ4n) is 2.12. The van der Waals surface area contributed by atoms with E-state index in [0.717, 1.165) is 5.39 Å². The van der Waals surface area contributed by atoms with Crippen LogP contribution in [0.2, 0.25) is 0 Å². The van der Waals surface area contributed by atoms with E-state index in [-0.39, 0.29) is 36.5 Å². The molecule has 0 saturated heterocycles. The lowest BCUT2D eigenvalue weighted by Crippen LogP contribution is -2.41. The van der Waals surface area contributed by atoms with Gasteiger partial charge in [0, 0.05) is 17.6 Å². The van der Waals surface area contributed by atoms with Crippen molar-refractivity contribution >= 4 is 22.6 Å². The van der Waals surface area contributed by atoms with Crippen LogP contribution in [0.15, 0.2) is 41.3 Å². The number of amides is 2. The van der Waals surface area contributed by atoms with Crippen LogP contribution in [-0.2, 0) is 16.1 Å². The van der Waals surface area contributed by atoms with Gasteiger partial charge in [-0.15, -0.1) is 0 Å². The van der Waals surface area contributed by atoms with Crippen molar-refractivity contribution in [2.24, 2.45) is 0 Å². The average Bonchev–Trinajstić information content (AvgIpc) is 2.48. The molecular weight excluding hydrogens is 282 g/mol. The van der Waals surface area contributed by atoms with E-state index in [1.807, 2.05) is 26.0 Å². The first-order chi connectivity index (χ1) is 10.5. The van der Waals surface area contributed by atoms with Crippen LogP contribution in [0.25, 0.3) is 10.8 Å². The molecule has 0 bridgehead atoms. The molecule has 2 amide bonds. The van der Waals surface area contributed by atoms with Crippen LogP contribution in [-0.4, -0.2) is 29.0 Å². The highest BCUT2D eigenvalue weighted by atomic mass is 16.2. The largest absolute Gasteiger partial charge is 0.352 e. The summed E-state index contributed by atoms with van der Waals surface area (Å²) in [6.45, 7) is 3.47. The summed E-state index contributed by atoms with van der Waals surface area (Å²) in [5, 5.41) is 6.58. The van der Waals surface area contributed by atoms with Gasteiger partial charge >= 0.3 is 0 Å². The number of nitrogens with one attached hydrogen (secondary N) is 2. The van der Waals surface area contributed by atoms with Crippen molar-refractivity contribution in [3.8, 4) is 0 Å². The minimum absolute atomic E-state index is 0.0208. The third kappa shape index (κ3) is 3.94. The van der Waals surface area contributed by atoms with Crippen molar-refractivity contribution in [1.82, 2.24) is 15.2 Å². The Kier molecular flexibility index (Phi) is 4.93. The van der Waals surface area contributed by atoms with E-state index >= 15 is 0 Å². The van der Waals surface area contributed by atoms with Gasteiger partial charge in [-0.05, 0) is 31.4 Å². The van der Waals surface area contributed by atoms with Crippen LogP contribution in [0.4, 0.5) is 0 Å².